The second-order valence-electron chi connectivity index (χ2n) is 4.91. The van der Waals surface area contributed by atoms with Crippen molar-refractivity contribution in [3.8, 4) is 11.5 Å². The SMILES string of the molecule is CCC(C)N(C)C(CN)c1cc(Br)c2c(c1)OCO2. The Bertz CT molecular complexity index is 453. The predicted molar refractivity (Wildman–Crippen MR) is 79.6 cm³/mol. The zero-order valence-electron chi connectivity index (χ0n) is 11.6. The number of nitrogens with two attached hydrogens (primary N) is 1. The van der Waals surface area contributed by atoms with E-state index in [1.165, 1.54) is 0 Å². The van der Waals surface area contributed by atoms with Crippen molar-refractivity contribution in [1.29, 1.82) is 0 Å². The largest absolute Gasteiger partial charge is 0.454 e. The first-order chi connectivity index (χ1) is 9.08. The highest BCUT2D eigenvalue weighted by Crippen LogP contribution is 2.41. The minimum absolute atomic E-state index is 0.181. The van der Waals surface area contributed by atoms with Crippen molar-refractivity contribution in [3.63, 3.8) is 0 Å². The lowest BCUT2D eigenvalue weighted by Crippen LogP contribution is -2.36. The molecule has 1 aliphatic heterocycles. The van der Waals surface area contributed by atoms with Gasteiger partial charge < -0.3 is 15.2 Å². The van der Waals surface area contributed by atoms with Gasteiger partial charge in [-0.3, -0.25) is 4.90 Å². The molecule has 0 amide bonds. The maximum atomic E-state index is 5.96. The second kappa shape index (κ2) is 6.11. The van der Waals surface area contributed by atoms with Gasteiger partial charge in [0.05, 0.1) is 4.47 Å². The number of ether oxygens (including phenoxy) is 2. The highest BCUT2D eigenvalue weighted by molar-refractivity contribution is 9.10. The van der Waals surface area contributed by atoms with Crippen LogP contribution in [0.5, 0.6) is 11.5 Å². The van der Waals surface area contributed by atoms with E-state index in [0.29, 0.717) is 12.6 Å². The first-order valence-corrected chi connectivity index (χ1v) is 7.38. The van der Waals surface area contributed by atoms with Crippen LogP contribution in [-0.4, -0.2) is 31.3 Å². The number of benzene rings is 1. The molecule has 2 atom stereocenters. The average Bonchev–Trinajstić information content (AvgIpc) is 2.87. The summed E-state index contributed by atoms with van der Waals surface area (Å²) in [5.74, 6) is 1.58. The normalized spacial score (nSPS) is 16.7. The molecule has 0 radical (unpaired) electrons. The van der Waals surface area contributed by atoms with Crippen molar-refractivity contribution in [1.82, 2.24) is 4.90 Å². The van der Waals surface area contributed by atoms with Gasteiger partial charge in [-0.25, -0.2) is 0 Å². The van der Waals surface area contributed by atoms with Gasteiger partial charge in [-0.2, -0.15) is 0 Å². The zero-order valence-corrected chi connectivity index (χ0v) is 13.2. The summed E-state index contributed by atoms with van der Waals surface area (Å²) in [7, 11) is 2.12. The van der Waals surface area contributed by atoms with E-state index < -0.39 is 0 Å². The number of hydrogen-bond donors (Lipinski definition) is 1. The highest BCUT2D eigenvalue weighted by atomic mass is 79.9. The second-order valence-corrected chi connectivity index (χ2v) is 5.77. The molecule has 106 valence electrons. The van der Waals surface area contributed by atoms with Gasteiger partial charge >= 0.3 is 0 Å². The summed E-state index contributed by atoms with van der Waals surface area (Å²) >= 11 is 3.53. The minimum atomic E-state index is 0.181. The first-order valence-electron chi connectivity index (χ1n) is 6.59. The van der Waals surface area contributed by atoms with Crippen LogP contribution in [0.3, 0.4) is 0 Å². The van der Waals surface area contributed by atoms with E-state index in [4.69, 9.17) is 15.2 Å². The van der Waals surface area contributed by atoms with Crippen LogP contribution in [0.2, 0.25) is 0 Å². The molecule has 5 heteroatoms. The van der Waals surface area contributed by atoms with E-state index in [2.05, 4.69) is 47.8 Å². The quantitative estimate of drug-likeness (QED) is 0.902. The van der Waals surface area contributed by atoms with Crippen molar-refractivity contribution in [2.24, 2.45) is 5.73 Å². The van der Waals surface area contributed by atoms with Crippen molar-refractivity contribution < 1.29 is 9.47 Å². The monoisotopic (exact) mass is 328 g/mol. The lowest BCUT2D eigenvalue weighted by molar-refractivity contribution is 0.172. The van der Waals surface area contributed by atoms with Crippen LogP contribution in [0.1, 0.15) is 31.9 Å². The molecule has 4 nitrogen and oxygen atoms in total. The maximum Gasteiger partial charge on any atom is 0.231 e. The van der Waals surface area contributed by atoms with Crippen LogP contribution < -0.4 is 15.2 Å². The summed E-state index contributed by atoms with van der Waals surface area (Å²) in [6.07, 6.45) is 1.10. The number of hydrogen-bond acceptors (Lipinski definition) is 4. The molecule has 2 unspecified atom stereocenters. The molecule has 1 heterocycles. The summed E-state index contributed by atoms with van der Waals surface area (Å²) < 4.78 is 11.8. The van der Waals surface area contributed by atoms with E-state index >= 15 is 0 Å². The van der Waals surface area contributed by atoms with Gasteiger partial charge in [0.1, 0.15) is 0 Å². The number of fused-ring (bicyclic) bond motifs is 1. The fourth-order valence-corrected chi connectivity index (χ4v) is 2.89. The fraction of sp³-hybridized carbons (Fsp3) is 0.571. The summed E-state index contributed by atoms with van der Waals surface area (Å²) in [6.45, 7) is 5.26. The number of likely N-dealkylation sites (N-methyl/N-ethyl adjacent to an activating group) is 1. The van der Waals surface area contributed by atoms with Crippen LogP contribution in [0.25, 0.3) is 0 Å². The Morgan fingerprint density at radius 1 is 1.42 bits per heavy atom. The zero-order chi connectivity index (χ0) is 14.0. The molecule has 0 spiro atoms. The molecule has 0 aromatic heterocycles. The van der Waals surface area contributed by atoms with E-state index in [1.54, 1.807) is 0 Å². The van der Waals surface area contributed by atoms with Gasteiger partial charge in [-0.15, -0.1) is 0 Å². The van der Waals surface area contributed by atoms with Crippen molar-refractivity contribution in [2.75, 3.05) is 20.4 Å². The third-order valence-electron chi connectivity index (χ3n) is 3.84. The number of nitrogens with zero attached hydrogens (tertiary/aromatic N) is 1. The summed E-state index contributed by atoms with van der Waals surface area (Å²) in [5, 5.41) is 0. The van der Waals surface area contributed by atoms with E-state index in [9.17, 15) is 0 Å². The minimum Gasteiger partial charge on any atom is -0.454 e. The molecule has 2 N–H and O–H groups in total. The predicted octanol–water partition coefficient (Wildman–Crippen LogP) is 2.91. The molecular weight excluding hydrogens is 308 g/mol. The number of rotatable bonds is 5. The number of halogens is 1. The topological polar surface area (TPSA) is 47.7 Å². The van der Waals surface area contributed by atoms with Crippen LogP contribution in [-0.2, 0) is 0 Å². The molecule has 1 aliphatic rings. The molecule has 0 fully saturated rings. The van der Waals surface area contributed by atoms with Gasteiger partial charge in [0.2, 0.25) is 6.79 Å². The van der Waals surface area contributed by atoms with Gasteiger partial charge in [0.15, 0.2) is 11.5 Å². The molecule has 0 saturated heterocycles. The van der Waals surface area contributed by atoms with Crippen molar-refractivity contribution in [3.05, 3.63) is 22.2 Å². The Morgan fingerprint density at radius 2 is 2.16 bits per heavy atom. The smallest absolute Gasteiger partial charge is 0.231 e. The highest BCUT2D eigenvalue weighted by Gasteiger charge is 2.24. The molecule has 0 saturated carbocycles. The van der Waals surface area contributed by atoms with Gasteiger partial charge in [0, 0.05) is 18.6 Å². The van der Waals surface area contributed by atoms with Crippen LogP contribution >= 0.6 is 15.9 Å². The molecule has 0 aliphatic carbocycles. The van der Waals surface area contributed by atoms with E-state index in [1.807, 2.05) is 6.07 Å². The Morgan fingerprint density at radius 3 is 2.79 bits per heavy atom. The average molecular weight is 329 g/mol. The Labute approximate surface area is 123 Å². The third kappa shape index (κ3) is 2.88. The lowest BCUT2D eigenvalue weighted by Gasteiger charge is -2.32. The summed E-state index contributed by atoms with van der Waals surface area (Å²) in [6, 6.07) is 4.77. The van der Waals surface area contributed by atoms with Crippen molar-refractivity contribution >= 4 is 15.9 Å². The van der Waals surface area contributed by atoms with Crippen LogP contribution in [0.15, 0.2) is 16.6 Å². The standard InChI is InChI=1S/C14H21BrN2O2/c1-4-9(2)17(3)12(7-16)10-5-11(15)14-13(6-10)18-8-19-14/h5-6,9,12H,4,7-8,16H2,1-3H3. The molecule has 1 aromatic rings. The Balaban J connectivity index is 2.31. The molecule has 2 rings (SSSR count). The lowest BCUT2D eigenvalue weighted by atomic mass is 10.0. The Hall–Kier alpha value is -0.780. The van der Waals surface area contributed by atoms with Gasteiger partial charge in [-0.05, 0) is 54.0 Å². The Kier molecular flexibility index (Phi) is 4.71. The molecule has 19 heavy (non-hydrogen) atoms. The molecule has 0 bridgehead atoms. The summed E-state index contributed by atoms with van der Waals surface area (Å²) in [4.78, 5) is 2.31. The van der Waals surface area contributed by atoms with E-state index in [0.717, 1.165) is 28.0 Å². The van der Waals surface area contributed by atoms with Crippen LogP contribution in [0.4, 0.5) is 0 Å². The molecule has 1 aromatic carbocycles. The van der Waals surface area contributed by atoms with Crippen molar-refractivity contribution in [2.45, 2.75) is 32.4 Å². The molecular formula is C14H21BrN2O2. The van der Waals surface area contributed by atoms with E-state index in [-0.39, 0.29) is 12.8 Å². The maximum absolute atomic E-state index is 5.96. The summed E-state index contributed by atoms with van der Waals surface area (Å²) in [5.41, 5.74) is 7.12. The third-order valence-corrected chi connectivity index (χ3v) is 4.42. The fourth-order valence-electron chi connectivity index (χ4n) is 2.31. The van der Waals surface area contributed by atoms with Crippen LogP contribution in [0, 0.1) is 0 Å². The first kappa shape index (κ1) is 14.6. The van der Waals surface area contributed by atoms with Gasteiger partial charge in [-0.1, -0.05) is 6.92 Å². The van der Waals surface area contributed by atoms with Gasteiger partial charge in [0.25, 0.3) is 0 Å².